The number of carbonyl (C=O) groups is 1. The summed E-state index contributed by atoms with van der Waals surface area (Å²) in [5.41, 5.74) is 3.40. The first-order valence-corrected chi connectivity index (χ1v) is 11.4. The molecule has 178 valence electrons. The number of aromatic nitrogens is 5. The Morgan fingerprint density at radius 2 is 2.00 bits per heavy atom. The summed E-state index contributed by atoms with van der Waals surface area (Å²) in [6.07, 6.45) is 4.19. The van der Waals surface area contributed by atoms with E-state index in [0.717, 1.165) is 30.6 Å². The molecule has 10 heteroatoms. The van der Waals surface area contributed by atoms with Crippen LogP contribution in [0.25, 0.3) is 33.5 Å². The molecule has 6 rings (SSSR count). The van der Waals surface area contributed by atoms with Crippen molar-refractivity contribution in [3.63, 3.8) is 0 Å². The predicted molar refractivity (Wildman–Crippen MR) is 128 cm³/mol. The van der Waals surface area contributed by atoms with Crippen molar-refractivity contribution in [2.24, 2.45) is 18.4 Å². The number of piperidine rings is 1. The van der Waals surface area contributed by atoms with Crippen molar-refractivity contribution >= 4 is 22.8 Å². The minimum atomic E-state index is -0.356. The summed E-state index contributed by atoms with van der Waals surface area (Å²) in [7, 11) is 5.38. The second-order valence-electron chi connectivity index (χ2n) is 9.41. The molecule has 1 saturated carbocycles. The van der Waals surface area contributed by atoms with E-state index in [1.807, 2.05) is 20.3 Å². The number of fused-ring (bicyclic) bond motifs is 2. The van der Waals surface area contributed by atoms with Crippen LogP contribution in [0.3, 0.4) is 0 Å². The molecule has 1 aliphatic carbocycles. The molecule has 2 atom stereocenters. The number of carbonyl (C=O) groups excluding carboxylic acids is 1. The predicted octanol–water partition coefficient (Wildman–Crippen LogP) is 3.13. The minimum absolute atomic E-state index is 0.0382. The topological polar surface area (TPSA) is 98.1 Å². The van der Waals surface area contributed by atoms with Crippen LogP contribution in [0.5, 0.6) is 5.75 Å². The van der Waals surface area contributed by atoms with Crippen LogP contribution in [0, 0.1) is 17.2 Å². The highest BCUT2D eigenvalue weighted by atomic mass is 19.1. The van der Waals surface area contributed by atoms with Gasteiger partial charge in [0.1, 0.15) is 29.0 Å². The summed E-state index contributed by atoms with van der Waals surface area (Å²) in [5.74, 6) is 0.789. The van der Waals surface area contributed by atoms with Gasteiger partial charge in [-0.1, -0.05) is 0 Å². The second kappa shape index (κ2) is 7.81. The van der Waals surface area contributed by atoms with Gasteiger partial charge < -0.3 is 15.0 Å². The molecule has 1 saturated heterocycles. The molecule has 1 aliphatic heterocycles. The third kappa shape index (κ3) is 3.52. The van der Waals surface area contributed by atoms with E-state index in [-0.39, 0.29) is 17.1 Å². The van der Waals surface area contributed by atoms with Crippen LogP contribution in [0.15, 0.2) is 42.9 Å². The van der Waals surface area contributed by atoms with Crippen LogP contribution in [0.4, 0.5) is 10.2 Å². The number of hydrogen-bond acceptors (Lipinski definition) is 7. The maximum atomic E-state index is 13.5. The number of nitrogens with one attached hydrogen (secondary N) is 1. The lowest BCUT2D eigenvalue weighted by Crippen LogP contribution is -2.31. The van der Waals surface area contributed by atoms with E-state index in [0.29, 0.717) is 39.9 Å². The number of methoxy groups -OCH3 is 1. The molecular weight excluding hydrogens is 449 g/mol. The van der Waals surface area contributed by atoms with Crippen LogP contribution in [0.2, 0.25) is 0 Å². The van der Waals surface area contributed by atoms with Crippen LogP contribution in [-0.2, 0) is 11.8 Å². The molecule has 0 unspecified atom stereocenters. The largest absolute Gasteiger partial charge is 0.493 e. The molecule has 4 aromatic rings. The average Bonchev–Trinajstić information content (AvgIpc) is 3.21. The van der Waals surface area contributed by atoms with Gasteiger partial charge in [-0.15, -0.1) is 0 Å². The third-order valence-electron chi connectivity index (χ3n) is 7.00. The van der Waals surface area contributed by atoms with Crippen molar-refractivity contribution in [2.45, 2.75) is 6.42 Å². The maximum absolute atomic E-state index is 13.5. The molecule has 0 spiro atoms. The van der Waals surface area contributed by atoms with E-state index < -0.39 is 0 Å². The lowest BCUT2D eigenvalue weighted by molar-refractivity contribution is -0.121. The normalized spacial score (nSPS) is 21.2. The number of anilines is 1. The molecule has 1 N–H and O–H groups in total. The lowest BCUT2D eigenvalue weighted by atomic mass is 10.0. The number of halogens is 1. The summed E-state index contributed by atoms with van der Waals surface area (Å²) in [4.78, 5) is 29.1. The SMILES string of the molecule is COc1cc2ncnc(-c3cn(C)nc3-c3ccc(F)cc3)c2nc1NC(=O)[C@]12C[C@H]1CN(C)C2. The van der Waals surface area contributed by atoms with Crippen molar-refractivity contribution < 1.29 is 13.9 Å². The van der Waals surface area contributed by atoms with Gasteiger partial charge in [0.2, 0.25) is 5.91 Å². The Bertz CT molecular complexity index is 1470. The van der Waals surface area contributed by atoms with E-state index in [1.165, 1.54) is 25.6 Å². The van der Waals surface area contributed by atoms with Crippen molar-refractivity contribution in [3.8, 4) is 28.3 Å². The standard InChI is InChI=1S/C25H24FN7O2/c1-32-10-15-9-25(15,12-32)24(34)30-23-19(35-3)8-18-22(29-23)21(28-13-27-18)17-11-33(2)31-20(17)14-4-6-16(26)7-5-14/h4-8,11,13,15H,9-10,12H2,1-3H3,(H,29,30,34)/t15-,25-/m0/s1. The first-order valence-electron chi connectivity index (χ1n) is 11.4. The van der Waals surface area contributed by atoms with Gasteiger partial charge in [-0.25, -0.2) is 19.3 Å². The fraction of sp³-hybridized carbons (Fsp3) is 0.320. The number of amides is 1. The summed E-state index contributed by atoms with van der Waals surface area (Å²) < 4.78 is 20.7. The molecule has 35 heavy (non-hydrogen) atoms. The highest BCUT2D eigenvalue weighted by Crippen LogP contribution is 2.58. The Morgan fingerprint density at radius 1 is 1.20 bits per heavy atom. The Morgan fingerprint density at radius 3 is 2.71 bits per heavy atom. The minimum Gasteiger partial charge on any atom is -0.493 e. The Balaban J connectivity index is 1.45. The van der Waals surface area contributed by atoms with Crippen LogP contribution >= 0.6 is 0 Å². The van der Waals surface area contributed by atoms with E-state index in [9.17, 15) is 9.18 Å². The fourth-order valence-corrected chi connectivity index (χ4v) is 5.21. The van der Waals surface area contributed by atoms with Crippen LogP contribution < -0.4 is 10.1 Å². The van der Waals surface area contributed by atoms with Gasteiger partial charge >= 0.3 is 0 Å². The van der Waals surface area contributed by atoms with Crippen molar-refractivity contribution in [3.05, 3.63) is 48.7 Å². The first kappa shape index (κ1) is 21.6. The zero-order chi connectivity index (χ0) is 24.3. The smallest absolute Gasteiger partial charge is 0.233 e. The fourth-order valence-electron chi connectivity index (χ4n) is 5.21. The van der Waals surface area contributed by atoms with Crippen LogP contribution in [-0.4, -0.2) is 62.8 Å². The van der Waals surface area contributed by atoms with Gasteiger partial charge in [-0.3, -0.25) is 9.48 Å². The molecule has 1 aromatic carbocycles. The zero-order valence-electron chi connectivity index (χ0n) is 19.6. The highest BCUT2D eigenvalue weighted by molar-refractivity contribution is 6.01. The molecular formula is C25H24FN7O2. The second-order valence-corrected chi connectivity index (χ2v) is 9.41. The van der Waals surface area contributed by atoms with Gasteiger partial charge in [0.25, 0.3) is 0 Å². The van der Waals surface area contributed by atoms with Gasteiger partial charge in [0.15, 0.2) is 11.6 Å². The average molecular weight is 474 g/mol. The number of benzene rings is 1. The number of ether oxygens (including phenoxy) is 1. The summed E-state index contributed by atoms with van der Waals surface area (Å²) in [5, 5.41) is 7.59. The van der Waals surface area contributed by atoms with E-state index >= 15 is 0 Å². The molecule has 0 radical (unpaired) electrons. The molecule has 2 aliphatic rings. The Labute approximate surface area is 201 Å². The van der Waals surface area contributed by atoms with Gasteiger partial charge in [0, 0.05) is 43.5 Å². The van der Waals surface area contributed by atoms with Gasteiger partial charge in [0.05, 0.1) is 18.0 Å². The number of rotatable bonds is 5. The van der Waals surface area contributed by atoms with E-state index in [2.05, 4.69) is 25.3 Å². The number of aryl methyl sites for hydroxylation is 1. The molecule has 0 bridgehead atoms. The molecule has 9 nitrogen and oxygen atoms in total. The highest BCUT2D eigenvalue weighted by Gasteiger charge is 2.64. The molecule has 4 heterocycles. The third-order valence-corrected chi connectivity index (χ3v) is 7.00. The maximum Gasteiger partial charge on any atom is 0.233 e. The summed E-state index contributed by atoms with van der Waals surface area (Å²) in [6, 6.07) is 7.90. The van der Waals surface area contributed by atoms with Crippen molar-refractivity contribution in [2.75, 3.05) is 32.6 Å². The number of nitrogens with zero attached hydrogens (tertiary/aromatic N) is 6. The van der Waals surface area contributed by atoms with Gasteiger partial charge in [-0.2, -0.15) is 5.10 Å². The molecule has 3 aromatic heterocycles. The number of pyridine rings is 1. The number of hydrogen-bond donors (Lipinski definition) is 1. The zero-order valence-corrected chi connectivity index (χ0v) is 19.6. The monoisotopic (exact) mass is 473 g/mol. The first-order chi connectivity index (χ1) is 16.9. The van der Waals surface area contributed by atoms with E-state index in [4.69, 9.17) is 9.72 Å². The quantitative estimate of drug-likeness (QED) is 0.476. The molecule has 1 amide bonds. The number of likely N-dealkylation sites (tertiary alicyclic amines) is 1. The van der Waals surface area contributed by atoms with Crippen molar-refractivity contribution in [1.29, 1.82) is 0 Å². The Hall–Kier alpha value is -3.92. The van der Waals surface area contributed by atoms with Crippen LogP contribution in [0.1, 0.15) is 6.42 Å². The summed E-state index contributed by atoms with van der Waals surface area (Å²) in [6.45, 7) is 1.67. The summed E-state index contributed by atoms with van der Waals surface area (Å²) >= 11 is 0. The van der Waals surface area contributed by atoms with E-state index in [1.54, 1.807) is 22.9 Å². The lowest BCUT2D eigenvalue weighted by Gasteiger charge is -2.17. The molecule has 2 fully saturated rings. The Kier molecular flexibility index (Phi) is 4.82. The van der Waals surface area contributed by atoms with Gasteiger partial charge in [-0.05, 0) is 43.7 Å². The van der Waals surface area contributed by atoms with Crippen molar-refractivity contribution in [1.82, 2.24) is 29.6 Å².